The number of hydrogen-bond donors (Lipinski definition) is 0. The first-order valence-electron chi connectivity index (χ1n) is 8.36. The maximum atomic E-state index is 14.0. The predicted molar refractivity (Wildman–Crippen MR) is 85.7 cm³/mol. The number of methoxy groups -OCH3 is 1. The van der Waals surface area contributed by atoms with Gasteiger partial charge in [-0.05, 0) is 32.8 Å². The molecule has 8 heteroatoms. The fourth-order valence-corrected chi connectivity index (χ4v) is 3.31. The van der Waals surface area contributed by atoms with Gasteiger partial charge >= 0.3 is 12.1 Å². The number of carbonyl (C=O) groups excluding carboxylic acids is 1. The van der Waals surface area contributed by atoms with Gasteiger partial charge in [-0.15, -0.1) is 0 Å². The van der Waals surface area contributed by atoms with Crippen LogP contribution in [0, 0.1) is 5.82 Å². The SMILES string of the molecule is CCOC(=O)[C@@H]1OC(C)(C(F)(F)F)CC1c1ccc(F)c(CC)c1OC. The highest BCUT2D eigenvalue weighted by atomic mass is 19.4. The molecular formula is C18H22F4O4. The molecule has 0 aliphatic carbocycles. The summed E-state index contributed by atoms with van der Waals surface area (Å²) < 4.78 is 69.8. The smallest absolute Gasteiger partial charge is 0.417 e. The minimum atomic E-state index is -4.67. The summed E-state index contributed by atoms with van der Waals surface area (Å²) in [6.07, 6.45) is -6.33. The second-order valence-electron chi connectivity index (χ2n) is 6.33. The fourth-order valence-electron chi connectivity index (χ4n) is 3.31. The van der Waals surface area contributed by atoms with Crippen molar-refractivity contribution < 1.29 is 36.6 Å². The third kappa shape index (κ3) is 3.51. The lowest BCUT2D eigenvalue weighted by Crippen LogP contribution is -2.43. The van der Waals surface area contributed by atoms with Crippen molar-refractivity contribution in [3.8, 4) is 5.75 Å². The van der Waals surface area contributed by atoms with Crippen LogP contribution in [-0.2, 0) is 20.7 Å². The second-order valence-corrected chi connectivity index (χ2v) is 6.33. The summed E-state index contributed by atoms with van der Waals surface area (Å²) in [4.78, 5) is 12.2. The molecule has 0 spiro atoms. The van der Waals surface area contributed by atoms with Crippen molar-refractivity contribution in [2.75, 3.05) is 13.7 Å². The Morgan fingerprint density at radius 2 is 2.00 bits per heavy atom. The zero-order valence-electron chi connectivity index (χ0n) is 15.1. The van der Waals surface area contributed by atoms with Gasteiger partial charge in [0.1, 0.15) is 11.6 Å². The lowest BCUT2D eigenvalue weighted by molar-refractivity contribution is -0.264. The number of alkyl halides is 3. The Morgan fingerprint density at radius 3 is 2.50 bits per heavy atom. The molecule has 26 heavy (non-hydrogen) atoms. The van der Waals surface area contributed by atoms with Gasteiger partial charge in [-0.2, -0.15) is 13.2 Å². The highest BCUT2D eigenvalue weighted by Gasteiger charge is 2.61. The molecule has 1 heterocycles. The minimum Gasteiger partial charge on any atom is -0.496 e. The lowest BCUT2D eigenvalue weighted by Gasteiger charge is -2.26. The van der Waals surface area contributed by atoms with Crippen LogP contribution in [0.25, 0.3) is 0 Å². The van der Waals surface area contributed by atoms with Crippen LogP contribution < -0.4 is 4.74 Å². The summed E-state index contributed by atoms with van der Waals surface area (Å²) >= 11 is 0. The van der Waals surface area contributed by atoms with Crippen LogP contribution in [0.4, 0.5) is 17.6 Å². The molecule has 0 radical (unpaired) electrons. The quantitative estimate of drug-likeness (QED) is 0.570. The molecule has 2 rings (SSSR count). The third-order valence-electron chi connectivity index (χ3n) is 4.67. The molecule has 1 fully saturated rings. The average molecular weight is 378 g/mol. The Bertz CT molecular complexity index is 674. The zero-order valence-corrected chi connectivity index (χ0v) is 15.1. The van der Waals surface area contributed by atoms with Crippen molar-refractivity contribution in [1.82, 2.24) is 0 Å². The van der Waals surface area contributed by atoms with Crippen LogP contribution in [0.15, 0.2) is 12.1 Å². The number of halogens is 4. The molecule has 0 amide bonds. The summed E-state index contributed by atoms with van der Waals surface area (Å²) in [5.41, 5.74) is -1.97. The van der Waals surface area contributed by atoms with E-state index in [4.69, 9.17) is 14.2 Å². The first-order valence-corrected chi connectivity index (χ1v) is 8.36. The average Bonchev–Trinajstić information content (AvgIpc) is 2.93. The highest BCUT2D eigenvalue weighted by molar-refractivity contribution is 5.77. The highest BCUT2D eigenvalue weighted by Crippen LogP contribution is 2.51. The Kier molecular flexibility index (Phi) is 5.85. The molecule has 1 aromatic carbocycles. The lowest BCUT2D eigenvalue weighted by atomic mass is 9.85. The van der Waals surface area contributed by atoms with Crippen LogP contribution in [0.3, 0.4) is 0 Å². The summed E-state index contributed by atoms with van der Waals surface area (Å²) in [5, 5.41) is 0. The van der Waals surface area contributed by atoms with E-state index in [1.807, 2.05) is 0 Å². The second kappa shape index (κ2) is 7.42. The first-order chi connectivity index (χ1) is 12.1. The minimum absolute atomic E-state index is 0.00884. The number of esters is 1. The number of benzene rings is 1. The van der Waals surface area contributed by atoms with Crippen molar-refractivity contribution in [1.29, 1.82) is 0 Å². The molecule has 0 saturated carbocycles. The Labute approximate surface area is 149 Å². The van der Waals surface area contributed by atoms with Crippen molar-refractivity contribution >= 4 is 5.97 Å². The molecule has 146 valence electrons. The Hall–Kier alpha value is -1.83. The number of ether oxygens (including phenoxy) is 3. The van der Waals surface area contributed by atoms with Gasteiger partial charge in [0.05, 0.1) is 13.7 Å². The molecule has 1 saturated heterocycles. The predicted octanol–water partition coefficient (Wildman–Crippen LogP) is 4.15. The van der Waals surface area contributed by atoms with E-state index in [-0.39, 0.29) is 24.3 Å². The van der Waals surface area contributed by atoms with Crippen LogP contribution >= 0.6 is 0 Å². The van der Waals surface area contributed by atoms with Crippen LogP contribution in [0.2, 0.25) is 0 Å². The summed E-state index contributed by atoms with van der Waals surface area (Å²) in [6, 6.07) is 2.51. The number of carbonyl (C=O) groups is 1. The molecule has 2 unspecified atom stereocenters. The van der Waals surface area contributed by atoms with Gasteiger partial charge in [-0.1, -0.05) is 13.0 Å². The van der Waals surface area contributed by atoms with Crippen molar-refractivity contribution in [3.63, 3.8) is 0 Å². The number of hydrogen-bond acceptors (Lipinski definition) is 4. The van der Waals surface area contributed by atoms with E-state index in [1.165, 1.54) is 19.2 Å². The Balaban J connectivity index is 2.56. The Morgan fingerprint density at radius 1 is 1.35 bits per heavy atom. The zero-order chi connectivity index (χ0) is 19.7. The standard InChI is InChI=1S/C18H22F4O4/c1-5-10-13(19)8-7-11(14(10)24-4)12-9-17(3,18(20,21)22)26-15(12)16(23)25-6-2/h7-8,12,15H,5-6,9H2,1-4H3/t12?,15-,17?/m1/s1. The normalized spacial score (nSPS) is 26.0. The van der Waals surface area contributed by atoms with Crippen LogP contribution in [-0.4, -0.2) is 37.6 Å². The third-order valence-corrected chi connectivity index (χ3v) is 4.67. The van der Waals surface area contributed by atoms with Crippen LogP contribution in [0.5, 0.6) is 5.75 Å². The van der Waals surface area contributed by atoms with E-state index < -0.39 is 42.0 Å². The molecule has 4 nitrogen and oxygen atoms in total. The van der Waals surface area contributed by atoms with Gasteiger partial charge in [-0.25, -0.2) is 9.18 Å². The van der Waals surface area contributed by atoms with E-state index in [2.05, 4.69) is 0 Å². The monoisotopic (exact) mass is 378 g/mol. The fraction of sp³-hybridized carbons (Fsp3) is 0.611. The van der Waals surface area contributed by atoms with E-state index in [1.54, 1.807) is 13.8 Å². The van der Waals surface area contributed by atoms with E-state index >= 15 is 0 Å². The van der Waals surface area contributed by atoms with Crippen LogP contribution in [0.1, 0.15) is 44.2 Å². The largest absolute Gasteiger partial charge is 0.496 e. The van der Waals surface area contributed by atoms with Gasteiger partial charge in [0.2, 0.25) is 0 Å². The molecule has 3 atom stereocenters. The van der Waals surface area contributed by atoms with Gasteiger partial charge in [0, 0.05) is 17.0 Å². The van der Waals surface area contributed by atoms with Gasteiger partial charge in [-0.3, -0.25) is 0 Å². The van der Waals surface area contributed by atoms with Crippen molar-refractivity contribution in [3.05, 3.63) is 29.1 Å². The van der Waals surface area contributed by atoms with Gasteiger partial charge in [0.15, 0.2) is 11.7 Å². The van der Waals surface area contributed by atoms with E-state index in [0.29, 0.717) is 5.56 Å². The molecule has 0 N–H and O–H groups in total. The maximum absolute atomic E-state index is 14.0. The van der Waals surface area contributed by atoms with Crippen molar-refractivity contribution in [2.45, 2.75) is 57.4 Å². The van der Waals surface area contributed by atoms with Crippen molar-refractivity contribution in [2.24, 2.45) is 0 Å². The summed E-state index contributed by atoms with van der Waals surface area (Å²) in [5.74, 6) is -2.23. The van der Waals surface area contributed by atoms with Gasteiger partial charge < -0.3 is 14.2 Å². The molecule has 0 bridgehead atoms. The topological polar surface area (TPSA) is 44.8 Å². The van der Waals surface area contributed by atoms with Gasteiger partial charge in [0.25, 0.3) is 0 Å². The molecule has 1 aromatic rings. The molecule has 0 aromatic heterocycles. The molecule has 1 aliphatic heterocycles. The summed E-state index contributed by atoms with van der Waals surface area (Å²) in [6.45, 7) is 4.17. The first kappa shape index (κ1) is 20.5. The number of rotatable bonds is 5. The summed E-state index contributed by atoms with van der Waals surface area (Å²) in [7, 11) is 1.32. The van der Waals surface area contributed by atoms with E-state index in [0.717, 1.165) is 6.92 Å². The molecule has 1 aliphatic rings. The maximum Gasteiger partial charge on any atom is 0.417 e. The molecular weight excluding hydrogens is 356 g/mol. The van der Waals surface area contributed by atoms with E-state index in [9.17, 15) is 22.4 Å².